The minimum absolute atomic E-state index is 0.137. The second-order valence-corrected chi connectivity index (χ2v) is 8.62. The average Bonchev–Trinajstić information content (AvgIpc) is 2.69. The van der Waals surface area contributed by atoms with Crippen LogP contribution in [0.3, 0.4) is 0 Å². The first kappa shape index (κ1) is 23.9. The number of para-hydroxylation sites is 1. The number of aliphatic hydroxyl groups is 2. The van der Waals surface area contributed by atoms with Crippen LogP contribution < -0.4 is 4.74 Å². The number of β-amino-alcohol motifs (C(OH)–C–C–N with tert-alkyl or cyclic N) is 1. The summed E-state index contributed by atoms with van der Waals surface area (Å²) in [5, 5.41) is 21.0. The summed E-state index contributed by atoms with van der Waals surface area (Å²) in [7, 11) is 0. The van der Waals surface area contributed by atoms with Gasteiger partial charge in [0, 0.05) is 19.6 Å². The highest BCUT2D eigenvalue weighted by Gasteiger charge is 2.38. The van der Waals surface area contributed by atoms with Crippen LogP contribution in [0.1, 0.15) is 35.1 Å². The molecule has 2 aromatic carbocycles. The number of benzene rings is 2. The van der Waals surface area contributed by atoms with E-state index in [4.69, 9.17) is 16.3 Å². The molecular weight excluding hydrogens is 431 g/mol. The van der Waals surface area contributed by atoms with Crippen LogP contribution in [0, 0.1) is 13.8 Å². The van der Waals surface area contributed by atoms with Gasteiger partial charge < -0.3 is 19.8 Å². The van der Waals surface area contributed by atoms with Crippen molar-refractivity contribution in [2.75, 3.05) is 26.2 Å². The van der Waals surface area contributed by atoms with Crippen LogP contribution in [0.2, 0.25) is 5.02 Å². The van der Waals surface area contributed by atoms with Crippen molar-refractivity contribution < 1.29 is 28.1 Å². The highest BCUT2D eigenvalue weighted by molar-refractivity contribution is 6.31. The van der Waals surface area contributed by atoms with Gasteiger partial charge in [-0.3, -0.25) is 0 Å². The summed E-state index contributed by atoms with van der Waals surface area (Å²) >= 11 is 5.69. The van der Waals surface area contributed by atoms with E-state index in [2.05, 4.69) is 0 Å². The average molecular weight is 458 g/mol. The van der Waals surface area contributed by atoms with Gasteiger partial charge in [-0.25, -0.2) is 0 Å². The predicted octanol–water partition coefficient (Wildman–Crippen LogP) is 4.70. The number of hydrogen-bond donors (Lipinski definition) is 2. The first-order valence-corrected chi connectivity index (χ1v) is 10.6. The Kier molecular flexibility index (Phi) is 7.21. The Morgan fingerprint density at radius 3 is 2.32 bits per heavy atom. The van der Waals surface area contributed by atoms with Gasteiger partial charge in [-0.1, -0.05) is 35.9 Å². The predicted molar refractivity (Wildman–Crippen MR) is 113 cm³/mol. The monoisotopic (exact) mass is 457 g/mol. The lowest BCUT2D eigenvalue weighted by atomic mass is 9.83. The normalized spacial score (nSPS) is 18.1. The second-order valence-electron chi connectivity index (χ2n) is 8.21. The highest BCUT2D eigenvalue weighted by Crippen LogP contribution is 2.40. The molecular formula is C23H27ClF3NO3. The number of hydrogen-bond acceptors (Lipinski definition) is 4. The van der Waals surface area contributed by atoms with Crippen molar-refractivity contribution in [3.63, 3.8) is 0 Å². The smallest absolute Gasteiger partial charge is 0.417 e. The Morgan fingerprint density at radius 1 is 1.13 bits per heavy atom. The Balaban J connectivity index is 1.57. The molecule has 1 atom stereocenters. The number of alkyl halides is 3. The standard InChI is InChI=1S/C23H27ClF3NO3/c1-15-4-3-5-16(2)21(15)31-14-18(29)13-28-10-8-22(30,9-11-28)17-6-7-20(24)19(12-17)23(25,26)27/h3-7,12,18,29-30H,8-11,13-14H2,1-2H3/t18-/m1/s1. The van der Waals surface area contributed by atoms with E-state index in [1.54, 1.807) is 0 Å². The molecule has 0 aromatic heterocycles. The number of halogens is 4. The number of piperidine rings is 1. The maximum absolute atomic E-state index is 13.2. The largest absolute Gasteiger partial charge is 0.490 e. The second kappa shape index (κ2) is 9.36. The van der Waals surface area contributed by atoms with Gasteiger partial charge in [0.2, 0.25) is 0 Å². The van der Waals surface area contributed by atoms with E-state index in [1.165, 1.54) is 12.1 Å². The lowest BCUT2D eigenvalue weighted by Gasteiger charge is -2.39. The molecule has 170 valence electrons. The van der Waals surface area contributed by atoms with Gasteiger partial charge >= 0.3 is 6.18 Å². The number of aliphatic hydroxyl groups excluding tert-OH is 1. The number of nitrogens with zero attached hydrogens (tertiary/aromatic N) is 1. The maximum Gasteiger partial charge on any atom is 0.417 e. The number of aryl methyl sites for hydroxylation is 2. The van der Waals surface area contributed by atoms with Gasteiger partial charge in [-0.2, -0.15) is 13.2 Å². The van der Waals surface area contributed by atoms with Crippen molar-refractivity contribution in [1.82, 2.24) is 4.90 Å². The molecule has 2 N–H and O–H groups in total. The highest BCUT2D eigenvalue weighted by atomic mass is 35.5. The zero-order chi connectivity index (χ0) is 22.8. The third kappa shape index (κ3) is 5.71. The first-order chi connectivity index (χ1) is 14.5. The summed E-state index contributed by atoms with van der Waals surface area (Å²) < 4.78 is 45.3. The first-order valence-electron chi connectivity index (χ1n) is 10.2. The molecule has 0 radical (unpaired) electrons. The minimum Gasteiger partial charge on any atom is -0.490 e. The number of rotatable bonds is 6. The molecule has 0 bridgehead atoms. The third-order valence-corrected chi connectivity index (χ3v) is 6.12. The van der Waals surface area contributed by atoms with Gasteiger partial charge in [0.15, 0.2) is 0 Å². The van der Waals surface area contributed by atoms with E-state index in [0.29, 0.717) is 19.6 Å². The van der Waals surface area contributed by atoms with Crippen LogP contribution in [-0.2, 0) is 11.8 Å². The van der Waals surface area contributed by atoms with Crippen LogP contribution >= 0.6 is 11.6 Å². The molecule has 0 aliphatic carbocycles. The molecule has 1 heterocycles. The summed E-state index contributed by atoms with van der Waals surface area (Å²) in [6, 6.07) is 9.40. The molecule has 1 aliphatic heterocycles. The minimum atomic E-state index is -4.58. The van der Waals surface area contributed by atoms with E-state index < -0.39 is 23.4 Å². The summed E-state index contributed by atoms with van der Waals surface area (Å²) in [4.78, 5) is 1.98. The Labute approximate surface area is 185 Å². The SMILES string of the molecule is Cc1cccc(C)c1OC[C@H](O)CN1CCC(O)(c2ccc(Cl)c(C(F)(F)F)c2)CC1. The quantitative estimate of drug-likeness (QED) is 0.660. The molecule has 1 aliphatic rings. The molecule has 2 aromatic rings. The van der Waals surface area contributed by atoms with Crippen molar-refractivity contribution in [3.05, 3.63) is 63.7 Å². The van der Waals surface area contributed by atoms with E-state index in [9.17, 15) is 23.4 Å². The zero-order valence-corrected chi connectivity index (χ0v) is 18.3. The molecule has 1 fully saturated rings. The molecule has 1 saturated heterocycles. The van der Waals surface area contributed by atoms with Crippen LogP contribution in [0.4, 0.5) is 13.2 Å². The Morgan fingerprint density at radius 2 is 1.74 bits per heavy atom. The molecule has 4 nitrogen and oxygen atoms in total. The van der Waals surface area contributed by atoms with Gasteiger partial charge in [-0.05, 0) is 55.5 Å². The maximum atomic E-state index is 13.2. The van der Waals surface area contributed by atoms with Crippen molar-refractivity contribution in [1.29, 1.82) is 0 Å². The van der Waals surface area contributed by atoms with Gasteiger partial charge in [0.05, 0.1) is 16.2 Å². The van der Waals surface area contributed by atoms with E-state index in [0.717, 1.165) is 22.9 Å². The molecule has 8 heteroatoms. The fraction of sp³-hybridized carbons (Fsp3) is 0.478. The Bertz CT molecular complexity index is 891. The lowest BCUT2D eigenvalue weighted by molar-refractivity contribution is -0.137. The fourth-order valence-electron chi connectivity index (χ4n) is 3.98. The molecule has 3 rings (SSSR count). The van der Waals surface area contributed by atoms with Crippen LogP contribution in [-0.4, -0.2) is 47.5 Å². The summed E-state index contributed by atoms with van der Waals surface area (Å²) in [5.41, 5.74) is -0.0990. The van der Waals surface area contributed by atoms with E-state index in [-0.39, 0.29) is 30.0 Å². The van der Waals surface area contributed by atoms with Crippen LogP contribution in [0.15, 0.2) is 36.4 Å². The van der Waals surface area contributed by atoms with Gasteiger partial charge in [0.1, 0.15) is 18.5 Å². The van der Waals surface area contributed by atoms with Crippen LogP contribution in [0.25, 0.3) is 0 Å². The third-order valence-electron chi connectivity index (χ3n) is 5.79. The van der Waals surface area contributed by atoms with E-state index in [1.807, 2.05) is 36.9 Å². The van der Waals surface area contributed by atoms with Gasteiger partial charge in [0.25, 0.3) is 0 Å². The van der Waals surface area contributed by atoms with Crippen LogP contribution in [0.5, 0.6) is 5.75 Å². The topological polar surface area (TPSA) is 52.9 Å². The Hall–Kier alpha value is -1.80. The molecule has 0 amide bonds. The van der Waals surface area contributed by atoms with Crippen molar-refractivity contribution in [3.8, 4) is 5.75 Å². The summed E-state index contributed by atoms with van der Waals surface area (Å²) in [6.07, 6.45) is -4.78. The van der Waals surface area contributed by atoms with Crippen molar-refractivity contribution in [2.24, 2.45) is 0 Å². The zero-order valence-electron chi connectivity index (χ0n) is 17.5. The molecule has 0 unspecified atom stereocenters. The fourth-order valence-corrected chi connectivity index (χ4v) is 4.21. The molecule has 31 heavy (non-hydrogen) atoms. The molecule has 0 spiro atoms. The van der Waals surface area contributed by atoms with Gasteiger partial charge in [-0.15, -0.1) is 0 Å². The molecule has 0 saturated carbocycles. The summed E-state index contributed by atoms with van der Waals surface area (Å²) in [6.45, 7) is 5.28. The lowest BCUT2D eigenvalue weighted by Crippen LogP contribution is -2.46. The number of likely N-dealkylation sites (tertiary alicyclic amines) is 1. The van der Waals surface area contributed by atoms with Crippen molar-refractivity contribution in [2.45, 2.75) is 44.6 Å². The van der Waals surface area contributed by atoms with E-state index >= 15 is 0 Å². The number of ether oxygens (including phenoxy) is 1. The van der Waals surface area contributed by atoms with Crippen molar-refractivity contribution >= 4 is 11.6 Å². The summed E-state index contributed by atoms with van der Waals surface area (Å²) in [5.74, 6) is 0.762.